The van der Waals surface area contributed by atoms with Gasteiger partial charge in [0.25, 0.3) is 0 Å². The maximum atomic E-state index is 10.5. The predicted molar refractivity (Wildman–Crippen MR) is 54.7 cm³/mol. The Balaban J connectivity index is 2.53. The van der Waals surface area contributed by atoms with Gasteiger partial charge in [0.15, 0.2) is 0 Å². The highest BCUT2D eigenvalue weighted by Crippen LogP contribution is 2.08. The van der Waals surface area contributed by atoms with Crippen LogP contribution in [0.15, 0.2) is 18.3 Å². The average molecular weight is 210 g/mol. The molecule has 82 valence electrons. The second-order valence-electron chi connectivity index (χ2n) is 3.15. The smallest absolute Gasteiger partial charge is 0.320 e. The highest BCUT2D eigenvalue weighted by molar-refractivity contribution is 5.72. The monoisotopic (exact) mass is 210 g/mol. The molecule has 0 spiro atoms. The fourth-order valence-corrected chi connectivity index (χ4v) is 1.03. The van der Waals surface area contributed by atoms with Crippen molar-refractivity contribution >= 4 is 5.97 Å². The molecule has 1 aromatic heterocycles. The van der Waals surface area contributed by atoms with Gasteiger partial charge in [0.1, 0.15) is 6.04 Å². The minimum absolute atomic E-state index is 0.479. The van der Waals surface area contributed by atoms with E-state index in [-0.39, 0.29) is 0 Å². The maximum absolute atomic E-state index is 10.5. The molecule has 0 aliphatic carbocycles. The number of hydrogen-bond donors (Lipinski definition) is 2. The molecule has 2 N–H and O–H groups in total. The molecule has 1 rings (SSSR count). The summed E-state index contributed by atoms with van der Waals surface area (Å²) in [4.78, 5) is 14.5. The van der Waals surface area contributed by atoms with Gasteiger partial charge < -0.3 is 15.2 Å². The molecular weight excluding hydrogens is 196 g/mol. The Labute approximate surface area is 88.1 Å². The lowest BCUT2D eigenvalue weighted by Gasteiger charge is -2.09. The number of carboxylic acids is 1. The summed E-state index contributed by atoms with van der Waals surface area (Å²) in [7, 11) is 1.54. The number of ether oxygens (including phenoxy) is 1. The molecular formula is C10H14N2O3. The van der Waals surface area contributed by atoms with Gasteiger partial charge in [0.05, 0.1) is 7.11 Å². The van der Waals surface area contributed by atoms with Crippen molar-refractivity contribution in [3.8, 4) is 5.88 Å². The molecule has 0 fully saturated rings. The molecule has 5 nitrogen and oxygen atoms in total. The van der Waals surface area contributed by atoms with Crippen LogP contribution in [0.1, 0.15) is 12.5 Å². The van der Waals surface area contributed by atoms with Crippen LogP contribution in [0.3, 0.4) is 0 Å². The van der Waals surface area contributed by atoms with E-state index < -0.39 is 12.0 Å². The number of rotatable bonds is 5. The number of pyridine rings is 1. The molecule has 5 heteroatoms. The van der Waals surface area contributed by atoms with Gasteiger partial charge in [-0.1, -0.05) is 0 Å². The van der Waals surface area contributed by atoms with Crippen molar-refractivity contribution in [3.63, 3.8) is 0 Å². The lowest BCUT2D eigenvalue weighted by atomic mass is 10.2. The van der Waals surface area contributed by atoms with Gasteiger partial charge in [-0.3, -0.25) is 4.79 Å². The molecule has 1 aromatic rings. The summed E-state index contributed by atoms with van der Waals surface area (Å²) >= 11 is 0. The Kier molecular flexibility index (Phi) is 4.05. The molecule has 0 saturated carbocycles. The first-order valence-electron chi connectivity index (χ1n) is 4.58. The largest absolute Gasteiger partial charge is 0.481 e. The zero-order valence-electron chi connectivity index (χ0n) is 8.73. The van der Waals surface area contributed by atoms with Gasteiger partial charge in [-0.2, -0.15) is 0 Å². The molecule has 0 radical (unpaired) electrons. The standard InChI is InChI=1S/C10H14N2O3/c1-7(10(13)14)12-6-8-3-4-11-9(5-8)15-2/h3-5,7,12H,6H2,1-2H3,(H,13,14). The van der Waals surface area contributed by atoms with E-state index in [1.54, 1.807) is 26.3 Å². The molecule has 0 bridgehead atoms. The molecule has 0 aliphatic heterocycles. The lowest BCUT2D eigenvalue weighted by molar-refractivity contribution is -0.139. The average Bonchev–Trinajstić information content (AvgIpc) is 2.26. The SMILES string of the molecule is COc1cc(CNC(C)C(=O)O)ccn1. The van der Waals surface area contributed by atoms with E-state index in [9.17, 15) is 4.79 Å². The van der Waals surface area contributed by atoms with E-state index in [0.717, 1.165) is 5.56 Å². The van der Waals surface area contributed by atoms with Crippen LogP contribution < -0.4 is 10.1 Å². The number of aliphatic carboxylic acids is 1. The van der Waals surface area contributed by atoms with Crippen molar-refractivity contribution < 1.29 is 14.6 Å². The highest BCUT2D eigenvalue weighted by Gasteiger charge is 2.09. The van der Waals surface area contributed by atoms with Gasteiger partial charge >= 0.3 is 5.97 Å². The number of aromatic nitrogens is 1. The molecule has 0 amide bonds. The summed E-state index contributed by atoms with van der Waals surface area (Å²) in [6, 6.07) is 3.01. The number of nitrogens with zero attached hydrogens (tertiary/aromatic N) is 1. The van der Waals surface area contributed by atoms with E-state index in [1.807, 2.05) is 6.07 Å². The van der Waals surface area contributed by atoms with Crippen LogP contribution >= 0.6 is 0 Å². The number of hydrogen-bond acceptors (Lipinski definition) is 4. The fraction of sp³-hybridized carbons (Fsp3) is 0.400. The highest BCUT2D eigenvalue weighted by atomic mass is 16.5. The topological polar surface area (TPSA) is 71.5 Å². The summed E-state index contributed by atoms with van der Waals surface area (Å²) in [5, 5.41) is 11.5. The lowest BCUT2D eigenvalue weighted by Crippen LogP contribution is -2.33. The van der Waals surface area contributed by atoms with E-state index in [1.165, 1.54) is 0 Å². The Morgan fingerprint density at radius 3 is 3.07 bits per heavy atom. The third-order valence-electron chi connectivity index (χ3n) is 1.99. The van der Waals surface area contributed by atoms with Crippen LogP contribution in [0.4, 0.5) is 0 Å². The van der Waals surface area contributed by atoms with Crippen molar-refractivity contribution in [2.75, 3.05) is 7.11 Å². The summed E-state index contributed by atoms with van der Waals surface area (Å²) in [5.74, 6) is -0.340. The number of carbonyl (C=O) groups is 1. The van der Waals surface area contributed by atoms with Crippen LogP contribution in [0.25, 0.3) is 0 Å². The van der Waals surface area contributed by atoms with Crippen molar-refractivity contribution in [2.45, 2.75) is 19.5 Å². The molecule has 1 heterocycles. The van der Waals surface area contributed by atoms with Gasteiger partial charge in [-0.05, 0) is 18.6 Å². The second kappa shape index (κ2) is 5.31. The molecule has 0 aromatic carbocycles. The Hall–Kier alpha value is -1.62. The zero-order chi connectivity index (χ0) is 11.3. The Morgan fingerprint density at radius 2 is 2.47 bits per heavy atom. The van der Waals surface area contributed by atoms with E-state index in [4.69, 9.17) is 9.84 Å². The predicted octanol–water partition coefficient (Wildman–Crippen LogP) is 0.653. The van der Waals surface area contributed by atoms with Crippen LogP contribution in [-0.4, -0.2) is 29.2 Å². The normalized spacial score (nSPS) is 12.1. The van der Waals surface area contributed by atoms with Crippen LogP contribution in [0, 0.1) is 0 Å². The third kappa shape index (κ3) is 3.55. The quantitative estimate of drug-likeness (QED) is 0.746. The zero-order valence-corrected chi connectivity index (χ0v) is 8.73. The van der Waals surface area contributed by atoms with Gasteiger partial charge in [-0.15, -0.1) is 0 Å². The minimum atomic E-state index is -0.865. The first-order valence-corrected chi connectivity index (χ1v) is 4.58. The first kappa shape index (κ1) is 11.5. The van der Waals surface area contributed by atoms with E-state index >= 15 is 0 Å². The molecule has 15 heavy (non-hydrogen) atoms. The van der Waals surface area contributed by atoms with Crippen LogP contribution in [-0.2, 0) is 11.3 Å². The second-order valence-corrected chi connectivity index (χ2v) is 3.15. The van der Waals surface area contributed by atoms with E-state index in [0.29, 0.717) is 12.4 Å². The number of nitrogens with one attached hydrogen (secondary N) is 1. The van der Waals surface area contributed by atoms with Gasteiger partial charge in [-0.25, -0.2) is 4.98 Å². The summed E-state index contributed by atoms with van der Waals surface area (Å²) in [6.45, 7) is 2.08. The van der Waals surface area contributed by atoms with Crippen molar-refractivity contribution in [1.82, 2.24) is 10.3 Å². The van der Waals surface area contributed by atoms with Crippen LogP contribution in [0.2, 0.25) is 0 Å². The minimum Gasteiger partial charge on any atom is -0.481 e. The third-order valence-corrected chi connectivity index (χ3v) is 1.99. The summed E-state index contributed by atoms with van der Waals surface area (Å²) in [6.07, 6.45) is 1.63. The molecule has 0 aliphatic rings. The maximum Gasteiger partial charge on any atom is 0.320 e. The van der Waals surface area contributed by atoms with Crippen molar-refractivity contribution in [3.05, 3.63) is 23.9 Å². The fourth-order valence-electron chi connectivity index (χ4n) is 1.03. The molecule has 1 unspecified atom stereocenters. The number of methoxy groups -OCH3 is 1. The molecule has 1 atom stereocenters. The summed E-state index contributed by atoms with van der Waals surface area (Å²) < 4.78 is 4.95. The van der Waals surface area contributed by atoms with E-state index in [2.05, 4.69) is 10.3 Å². The van der Waals surface area contributed by atoms with Crippen molar-refractivity contribution in [2.24, 2.45) is 0 Å². The van der Waals surface area contributed by atoms with Gasteiger partial charge in [0.2, 0.25) is 5.88 Å². The Morgan fingerprint density at radius 1 is 1.73 bits per heavy atom. The summed E-state index contributed by atoms with van der Waals surface area (Å²) in [5.41, 5.74) is 0.940. The van der Waals surface area contributed by atoms with Gasteiger partial charge in [0, 0.05) is 18.8 Å². The Bertz CT molecular complexity index is 341. The van der Waals surface area contributed by atoms with Crippen molar-refractivity contribution in [1.29, 1.82) is 0 Å². The molecule has 0 saturated heterocycles. The number of carboxylic acid groups (broad SMARTS) is 1. The van der Waals surface area contributed by atoms with Crippen LogP contribution in [0.5, 0.6) is 5.88 Å². The first-order chi connectivity index (χ1) is 7.13.